The van der Waals surface area contributed by atoms with E-state index in [4.69, 9.17) is 9.52 Å². The number of carboxylic acid groups (broad SMARTS) is 1. The summed E-state index contributed by atoms with van der Waals surface area (Å²) in [5.74, 6) is -1.22. The highest BCUT2D eigenvalue weighted by Crippen LogP contribution is 2.22. The van der Waals surface area contributed by atoms with Crippen molar-refractivity contribution < 1.29 is 19.1 Å². The summed E-state index contributed by atoms with van der Waals surface area (Å²) in [6, 6.07) is 8.23. The van der Waals surface area contributed by atoms with E-state index in [1.165, 1.54) is 6.26 Å². The normalized spacial score (nSPS) is 11.9. The van der Waals surface area contributed by atoms with Gasteiger partial charge in [-0.15, -0.1) is 0 Å². The summed E-state index contributed by atoms with van der Waals surface area (Å²) in [6.07, 6.45) is 1.22. The van der Waals surface area contributed by atoms with Gasteiger partial charge in [-0.05, 0) is 30.7 Å². The van der Waals surface area contributed by atoms with Crippen LogP contribution < -0.4 is 5.32 Å². The van der Waals surface area contributed by atoms with Crippen LogP contribution in [0.4, 0.5) is 0 Å². The van der Waals surface area contributed by atoms with Gasteiger partial charge in [0.15, 0.2) is 5.76 Å². The summed E-state index contributed by atoms with van der Waals surface area (Å²) in [4.78, 5) is 23.2. The van der Waals surface area contributed by atoms with Crippen LogP contribution in [0.25, 0.3) is 0 Å². The molecule has 2 aromatic rings. The van der Waals surface area contributed by atoms with Crippen molar-refractivity contribution in [1.29, 1.82) is 0 Å². The number of nitrogens with one attached hydrogen (secondary N) is 1. The van der Waals surface area contributed by atoms with Gasteiger partial charge < -0.3 is 14.8 Å². The Balaban J connectivity index is 2.23. The summed E-state index contributed by atoms with van der Waals surface area (Å²) >= 11 is 3.33. The van der Waals surface area contributed by atoms with Crippen LogP contribution in [0.5, 0.6) is 0 Å². The molecule has 1 heterocycles. The number of benzene rings is 1. The van der Waals surface area contributed by atoms with E-state index in [0.717, 1.165) is 4.47 Å². The van der Waals surface area contributed by atoms with E-state index in [2.05, 4.69) is 21.2 Å². The van der Waals surface area contributed by atoms with Crippen LogP contribution in [-0.2, 0) is 4.79 Å². The number of rotatable bonds is 5. The Morgan fingerprint density at radius 2 is 2.14 bits per heavy atom. The third-order valence-corrected chi connectivity index (χ3v) is 3.50. The average molecular weight is 352 g/mol. The van der Waals surface area contributed by atoms with Gasteiger partial charge in [-0.3, -0.25) is 9.59 Å². The van der Waals surface area contributed by atoms with Crippen molar-refractivity contribution in [2.24, 2.45) is 0 Å². The predicted octanol–water partition coefficient (Wildman–Crippen LogP) is 3.30. The number of furan rings is 1. The number of carbonyl (C=O) groups excluding carboxylic acids is 1. The number of aryl methyl sites for hydroxylation is 1. The molecule has 0 saturated heterocycles. The van der Waals surface area contributed by atoms with Crippen LogP contribution in [0.1, 0.15) is 34.1 Å². The third-order valence-electron chi connectivity index (χ3n) is 3.00. The van der Waals surface area contributed by atoms with Crippen LogP contribution in [0.3, 0.4) is 0 Å². The Morgan fingerprint density at radius 3 is 2.71 bits per heavy atom. The zero-order valence-electron chi connectivity index (χ0n) is 11.3. The Morgan fingerprint density at radius 1 is 1.38 bits per heavy atom. The van der Waals surface area contributed by atoms with Gasteiger partial charge in [0.25, 0.3) is 5.91 Å². The first-order valence-corrected chi connectivity index (χ1v) is 7.09. The van der Waals surface area contributed by atoms with Gasteiger partial charge in [-0.2, -0.15) is 0 Å². The number of aliphatic carboxylic acids is 1. The first kappa shape index (κ1) is 15.3. The lowest BCUT2D eigenvalue weighted by atomic mass is 10.0. The summed E-state index contributed by atoms with van der Waals surface area (Å²) in [6.45, 7) is 1.75. The van der Waals surface area contributed by atoms with E-state index in [1.807, 2.05) is 6.07 Å². The molecule has 0 saturated carbocycles. The third kappa shape index (κ3) is 3.95. The van der Waals surface area contributed by atoms with Crippen LogP contribution in [0.2, 0.25) is 0 Å². The van der Waals surface area contributed by atoms with Crippen LogP contribution in [-0.4, -0.2) is 17.0 Å². The smallest absolute Gasteiger partial charge is 0.305 e. The standard InChI is InChI=1S/C15H14BrNO4/c1-9-5-6-21-14(9)15(20)17-12(8-13(18)19)10-3-2-4-11(16)7-10/h2-7,12H,8H2,1H3,(H,17,20)(H,18,19)/t12-/m0/s1. The number of halogens is 1. The molecule has 0 unspecified atom stereocenters. The molecule has 0 aliphatic heterocycles. The van der Waals surface area contributed by atoms with Crippen molar-refractivity contribution in [2.45, 2.75) is 19.4 Å². The van der Waals surface area contributed by atoms with Crippen molar-refractivity contribution in [1.82, 2.24) is 5.32 Å². The first-order valence-electron chi connectivity index (χ1n) is 6.29. The van der Waals surface area contributed by atoms with E-state index in [0.29, 0.717) is 11.1 Å². The van der Waals surface area contributed by atoms with Gasteiger partial charge in [-0.1, -0.05) is 28.1 Å². The summed E-state index contributed by atoms with van der Waals surface area (Å²) in [7, 11) is 0. The Kier molecular flexibility index (Phi) is 4.80. The fourth-order valence-electron chi connectivity index (χ4n) is 1.98. The minimum atomic E-state index is -0.989. The van der Waals surface area contributed by atoms with E-state index in [1.54, 1.807) is 31.2 Å². The van der Waals surface area contributed by atoms with E-state index >= 15 is 0 Å². The first-order chi connectivity index (χ1) is 9.97. The van der Waals surface area contributed by atoms with E-state index < -0.39 is 17.9 Å². The van der Waals surface area contributed by atoms with Crippen molar-refractivity contribution >= 4 is 27.8 Å². The molecule has 6 heteroatoms. The quantitative estimate of drug-likeness (QED) is 0.865. The molecule has 1 amide bonds. The second-order valence-corrected chi connectivity index (χ2v) is 5.53. The van der Waals surface area contributed by atoms with Crippen molar-refractivity contribution in [3.8, 4) is 0 Å². The summed E-state index contributed by atoms with van der Waals surface area (Å²) in [5, 5.41) is 11.7. The number of hydrogen-bond acceptors (Lipinski definition) is 3. The van der Waals surface area contributed by atoms with Gasteiger partial charge in [-0.25, -0.2) is 0 Å². The maximum absolute atomic E-state index is 12.2. The van der Waals surface area contributed by atoms with Crippen LogP contribution in [0.15, 0.2) is 45.5 Å². The highest BCUT2D eigenvalue weighted by atomic mass is 79.9. The van der Waals surface area contributed by atoms with Crippen LogP contribution >= 0.6 is 15.9 Å². The molecular formula is C15H14BrNO4. The molecular weight excluding hydrogens is 338 g/mol. The Bertz CT molecular complexity index is 665. The topological polar surface area (TPSA) is 79.5 Å². The molecule has 110 valence electrons. The zero-order chi connectivity index (χ0) is 15.4. The van der Waals surface area contributed by atoms with Gasteiger partial charge in [0.05, 0.1) is 18.7 Å². The van der Waals surface area contributed by atoms with E-state index in [9.17, 15) is 9.59 Å². The van der Waals surface area contributed by atoms with Crippen LogP contribution in [0, 0.1) is 6.92 Å². The molecule has 21 heavy (non-hydrogen) atoms. The van der Waals surface area contributed by atoms with Crippen molar-refractivity contribution in [2.75, 3.05) is 0 Å². The van der Waals surface area contributed by atoms with Gasteiger partial charge in [0.2, 0.25) is 0 Å². The minimum Gasteiger partial charge on any atom is -0.481 e. The minimum absolute atomic E-state index is 0.195. The molecule has 0 fully saturated rings. The molecule has 0 aliphatic carbocycles. The predicted molar refractivity (Wildman–Crippen MR) is 80.0 cm³/mol. The molecule has 2 N–H and O–H groups in total. The van der Waals surface area contributed by atoms with Gasteiger partial charge in [0, 0.05) is 10.0 Å². The van der Waals surface area contributed by atoms with E-state index in [-0.39, 0.29) is 12.2 Å². The molecule has 5 nitrogen and oxygen atoms in total. The SMILES string of the molecule is Cc1ccoc1C(=O)N[C@@H](CC(=O)O)c1cccc(Br)c1. The second-order valence-electron chi connectivity index (χ2n) is 4.61. The maximum Gasteiger partial charge on any atom is 0.305 e. The summed E-state index contributed by atoms with van der Waals surface area (Å²) < 4.78 is 5.94. The molecule has 1 aromatic heterocycles. The molecule has 1 atom stereocenters. The molecule has 0 spiro atoms. The lowest BCUT2D eigenvalue weighted by Gasteiger charge is -2.17. The summed E-state index contributed by atoms with van der Waals surface area (Å²) in [5.41, 5.74) is 1.42. The number of hydrogen-bond donors (Lipinski definition) is 2. The lowest BCUT2D eigenvalue weighted by Crippen LogP contribution is -2.30. The fourth-order valence-corrected chi connectivity index (χ4v) is 2.40. The molecule has 0 bridgehead atoms. The monoisotopic (exact) mass is 351 g/mol. The largest absolute Gasteiger partial charge is 0.481 e. The zero-order valence-corrected chi connectivity index (χ0v) is 12.9. The fraction of sp³-hybridized carbons (Fsp3) is 0.200. The Hall–Kier alpha value is -2.08. The van der Waals surface area contributed by atoms with Crippen molar-refractivity contribution in [3.05, 3.63) is 58.0 Å². The maximum atomic E-state index is 12.2. The van der Waals surface area contributed by atoms with Gasteiger partial charge >= 0.3 is 5.97 Å². The molecule has 0 aliphatic rings. The second kappa shape index (κ2) is 6.58. The molecule has 2 rings (SSSR count). The number of carboxylic acids is 1. The highest BCUT2D eigenvalue weighted by molar-refractivity contribution is 9.10. The molecule has 1 aromatic carbocycles. The number of amides is 1. The Labute approximate surface area is 130 Å². The van der Waals surface area contributed by atoms with Gasteiger partial charge in [0.1, 0.15) is 0 Å². The van der Waals surface area contributed by atoms with Crippen molar-refractivity contribution in [3.63, 3.8) is 0 Å². The lowest BCUT2D eigenvalue weighted by molar-refractivity contribution is -0.137. The number of carbonyl (C=O) groups is 2. The highest BCUT2D eigenvalue weighted by Gasteiger charge is 2.21. The molecule has 0 radical (unpaired) electrons. The average Bonchev–Trinajstić information content (AvgIpc) is 2.83.